The van der Waals surface area contributed by atoms with E-state index in [4.69, 9.17) is 4.74 Å². The lowest BCUT2D eigenvalue weighted by Gasteiger charge is -2.43. The van der Waals surface area contributed by atoms with Gasteiger partial charge >= 0.3 is 21.7 Å². The molecule has 0 spiro atoms. The highest BCUT2D eigenvalue weighted by Gasteiger charge is 2.50. The van der Waals surface area contributed by atoms with Gasteiger partial charge in [0.2, 0.25) is 0 Å². The fourth-order valence-corrected chi connectivity index (χ4v) is 3.22. The Bertz CT molecular complexity index is 572. The molecule has 1 saturated heterocycles. The van der Waals surface area contributed by atoms with Crippen LogP contribution in [-0.2, 0) is 19.0 Å². The predicted octanol–water partition coefficient (Wildman–Crippen LogP) is 2.52. The van der Waals surface area contributed by atoms with Crippen LogP contribution in [0.15, 0.2) is 11.8 Å². The second-order valence-electron chi connectivity index (χ2n) is 5.08. The minimum atomic E-state index is -5.68. The minimum absolute atomic E-state index is 0.0787. The third-order valence-corrected chi connectivity index (χ3v) is 4.58. The highest BCUT2D eigenvalue weighted by Crippen LogP contribution is 2.36. The van der Waals surface area contributed by atoms with Gasteiger partial charge in [-0.3, -0.25) is 4.90 Å². The SMILES string of the molecule is CCOC(=O)N1C2C=C(OS(=O)(=O)C(F)(F)F)CC1CCC2. The Hall–Kier alpha value is -1.45. The molecule has 22 heavy (non-hydrogen) atoms. The van der Waals surface area contributed by atoms with Crippen LogP contribution in [0.2, 0.25) is 0 Å². The van der Waals surface area contributed by atoms with Crippen LogP contribution in [0.4, 0.5) is 18.0 Å². The summed E-state index contributed by atoms with van der Waals surface area (Å²) in [6.07, 6.45) is 2.50. The second-order valence-corrected chi connectivity index (χ2v) is 6.62. The van der Waals surface area contributed by atoms with Crippen molar-refractivity contribution in [3.63, 3.8) is 0 Å². The van der Waals surface area contributed by atoms with Crippen LogP contribution >= 0.6 is 0 Å². The standard InChI is InChI=1S/C12H16F3NO5S/c1-2-20-11(17)16-8-4-3-5-9(16)7-10(6-8)21-22(18,19)12(13,14)15/h6,8-9H,2-5,7H2,1H3. The van der Waals surface area contributed by atoms with Crippen LogP contribution < -0.4 is 0 Å². The Balaban J connectivity index is 2.19. The van der Waals surface area contributed by atoms with Crippen LogP contribution in [0.25, 0.3) is 0 Å². The van der Waals surface area contributed by atoms with Crippen LogP contribution in [0.1, 0.15) is 32.6 Å². The van der Waals surface area contributed by atoms with Gasteiger partial charge in [-0.15, -0.1) is 0 Å². The third kappa shape index (κ3) is 3.31. The first-order chi connectivity index (χ1) is 10.2. The molecule has 0 aromatic carbocycles. The largest absolute Gasteiger partial charge is 0.534 e. The summed E-state index contributed by atoms with van der Waals surface area (Å²) in [6, 6.07) is -0.925. The van der Waals surface area contributed by atoms with Gasteiger partial charge in [0.1, 0.15) is 5.76 Å². The van der Waals surface area contributed by atoms with Gasteiger partial charge in [-0.05, 0) is 32.3 Å². The number of alkyl halides is 3. The molecule has 10 heteroatoms. The average Bonchev–Trinajstić information content (AvgIpc) is 2.35. The number of ether oxygens (including phenoxy) is 1. The second kappa shape index (κ2) is 5.98. The van der Waals surface area contributed by atoms with Gasteiger partial charge in [-0.25, -0.2) is 4.79 Å². The summed E-state index contributed by atoms with van der Waals surface area (Å²) < 4.78 is 68.3. The Kier molecular flexibility index (Phi) is 4.59. The number of hydrogen-bond donors (Lipinski definition) is 0. The Morgan fingerprint density at radius 1 is 1.41 bits per heavy atom. The average molecular weight is 343 g/mol. The lowest BCUT2D eigenvalue weighted by atomic mass is 9.88. The van der Waals surface area contributed by atoms with E-state index >= 15 is 0 Å². The third-order valence-electron chi connectivity index (χ3n) is 3.58. The normalized spacial score (nSPS) is 25.5. The molecule has 2 aliphatic rings. The van der Waals surface area contributed by atoms with E-state index in [1.165, 1.54) is 11.0 Å². The summed E-state index contributed by atoms with van der Waals surface area (Å²) in [6.45, 7) is 1.84. The number of fused-ring (bicyclic) bond motifs is 2. The Morgan fingerprint density at radius 3 is 2.64 bits per heavy atom. The van der Waals surface area contributed by atoms with Crippen molar-refractivity contribution in [3.8, 4) is 0 Å². The highest BCUT2D eigenvalue weighted by molar-refractivity contribution is 7.87. The van der Waals surface area contributed by atoms with Crippen molar-refractivity contribution >= 4 is 16.2 Å². The van der Waals surface area contributed by atoms with Crippen LogP contribution in [0.3, 0.4) is 0 Å². The summed E-state index contributed by atoms with van der Waals surface area (Å²) in [5.41, 5.74) is -5.47. The molecule has 1 amide bonds. The molecule has 2 aliphatic heterocycles. The molecule has 0 aromatic rings. The number of amides is 1. The minimum Gasteiger partial charge on any atom is -0.450 e. The van der Waals surface area contributed by atoms with E-state index in [1.807, 2.05) is 0 Å². The number of nitrogens with zero attached hydrogens (tertiary/aromatic N) is 1. The van der Waals surface area contributed by atoms with Crippen molar-refractivity contribution in [3.05, 3.63) is 11.8 Å². The first-order valence-corrected chi connectivity index (χ1v) is 8.23. The fraction of sp³-hybridized carbons (Fsp3) is 0.750. The number of halogens is 3. The van der Waals surface area contributed by atoms with E-state index in [1.54, 1.807) is 6.92 Å². The molecular formula is C12H16F3NO5S. The molecule has 2 unspecified atom stereocenters. The van der Waals surface area contributed by atoms with Crippen molar-refractivity contribution in [1.82, 2.24) is 4.90 Å². The van der Waals surface area contributed by atoms with Crippen LogP contribution in [0, 0.1) is 0 Å². The lowest BCUT2D eigenvalue weighted by Crippen LogP contribution is -2.52. The maximum absolute atomic E-state index is 12.4. The van der Waals surface area contributed by atoms with Crippen LogP contribution in [0.5, 0.6) is 0 Å². The zero-order valence-electron chi connectivity index (χ0n) is 11.8. The number of hydrogen-bond acceptors (Lipinski definition) is 5. The predicted molar refractivity (Wildman–Crippen MR) is 69.0 cm³/mol. The molecule has 2 rings (SSSR count). The zero-order chi connectivity index (χ0) is 16.5. The number of carbonyl (C=O) groups excluding carboxylic acids is 1. The van der Waals surface area contributed by atoms with E-state index in [9.17, 15) is 26.4 Å². The molecule has 0 aromatic heterocycles. The van der Waals surface area contributed by atoms with Gasteiger partial charge in [0, 0.05) is 12.5 Å². The van der Waals surface area contributed by atoms with Gasteiger partial charge in [0.05, 0.1) is 12.6 Å². The molecule has 2 atom stereocenters. The summed E-state index contributed by atoms with van der Waals surface area (Å²) >= 11 is 0. The van der Waals surface area contributed by atoms with E-state index in [2.05, 4.69) is 4.18 Å². The molecule has 0 saturated carbocycles. The molecule has 126 valence electrons. The Morgan fingerprint density at radius 2 is 2.09 bits per heavy atom. The maximum Gasteiger partial charge on any atom is 0.534 e. The van der Waals surface area contributed by atoms with Crippen molar-refractivity contribution < 1.29 is 35.3 Å². The van der Waals surface area contributed by atoms with E-state index in [0.29, 0.717) is 12.8 Å². The summed E-state index contributed by atoms with van der Waals surface area (Å²) in [5, 5.41) is 0. The first-order valence-electron chi connectivity index (χ1n) is 6.82. The van der Waals surface area contributed by atoms with Gasteiger partial charge in [0.15, 0.2) is 0 Å². The maximum atomic E-state index is 12.4. The van der Waals surface area contributed by atoms with Gasteiger partial charge in [-0.2, -0.15) is 21.6 Å². The van der Waals surface area contributed by atoms with Crippen molar-refractivity contribution in [1.29, 1.82) is 0 Å². The lowest BCUT2D eigenvalue weighted by molar-refractivity contribution is -0.0529. The number of rotatable bonds is 3. The van der Waals surface area contributed by atoms with E-state index < -0.39 is 33.8 Å². The van der Waals surface area contributed by atoms with Gasteiger partial charge in [-0.1, -0.05) is 0 Å². The van der Waals surface area contributed by atoms with Gasteiger partial charge < -0.3 is 8.92 Å². The van der Waals surface area contributed by atoms with Crippen LogP contribution in [-0.4, -0.2) is 43.6 Å². The number of piperidine rings is 1. The van der Waals surface area contributed by atoms with Gasteiger partial charge in [0.25, 0.3) is 0 Å². The summed E-state index contributed by atoms with van der Waals surface area (Å²) in [7, 11) is -5.68. The molecule has 6 nitrogen and oxygen atoms in total. The van der Waals surface area contributed by atoms with Crippen molar-refractivity contribution in [2.24, 2.45) is 0 Å². The molecule has 2 heterocycles. The quantitative estimate of drug-likeness (QED) is 0.582. The molecule has 0 aliphatic carbocycles. The first kappa shape index (κ1) is 16.9. The highest BCUT2D eigenvalue weighted by atomic mass is 32.2. The molecule has 2 bridgehead atoms. The topological polar surface area (TPSA) is 72.9 Å². The molecule has 1 fully saturated rings. The van der Waals surface area contributed by atoms with E-state index in [0.717, 1.165) is 6.42 Å². The van der Waals surface area contributed by atoms with E-state index in [-0.39, 0.29) is 18.8 Å². The zero-order valence-corrected chi connectivity index (χ0v) is 12.6. The van der Waals surface area contributed by atoms with Crippen molar-refractivity contribution in [2.45, 2.75) is 50.2 Å². The molecule has 0 radical (unpaired) electrons. The fourth-order valence-electron chi connectivity index (χ4n) is 2.72. The molecular weight excluding hydrogens is 327 g/mol. The smallest absolute Gasteiger partial charge is 0.450 e. The number of carbonyl (C=O) groups is 1. The monoisotopic (exact) mass is 343 g/mol. The summed E-state index contributed by atoms with van der Waals surface area (Å²) in [5.74, 6) is -0.271. The summed E-state index contributed by atoms with van der Waals surface area (Å²) in [4.78, 5) is 13.3. The Labute approximate surface area is 126 Å². The van der Waals surface area contributed by atoms with Crippen molar-refractivity contribution in [2.75, 3.05) is 6.61 Å². The molecule has 0 N–H and O–H groups in total.